The van der Waals surface area contributed by atoms with Gasteiger partial charge >= 0.3 is 11.9 Å². The van der Waals surface area contributed by atoms with Crippen molar-refractivity contribution in [2.24, 2.45) is 16.7 Å². The van der Waals surface area contributed by atoms with Gasteiger partial charge in [0.15, 0.2) is 13.7 Å². The number of carbonyl (C=O) groups is 1. The first kappa shape index (κ1) is 22.6. The molecule has 3 aliphatic carbocycles. The lowest BCUT2D eigenvalue weighted by Crippen LogP contribution is -2.61. The third-order valence-electron chi connectivity index (χ3n) is 7.31. The number of halogens is 1. The summed E-state index contributed by atoms with van der Waals surface area (Å²) in [5.74, 6) is -3.44. The van der Waals surface area contributed by atoms with Crippen molar-refractivity contribution in [2.75, 3.05) is 0 Å². The van der Waals surface area contributed by atoms with Crippen LogP contribution in [0.4, 0.5) is 0 Å². The van der Waals surface area contributed by atoms with Gasteiger partial charge in [-0.1, -0.05) is 11.6 Å². The molecule has 2 spiro atoms. The number of hydrogen-bond acceptors (Lipinski definition) is 8. The number of nitrogens with zero attached hydrogens (tertiary/aromatic N) is 3. The van der Waals surface area contributed by atoms with E-state index in [-0.39, 0.29) is 39.2 Å². The lowest BCUT2D eigenvalue weighted by molar-refractivity contribution is -0.358. The van der Waals surface area contributed by atoms with Gasteiger partial charge in [0, 0.05) is 18.2 Å². The number of fused-ring (bicyclic) bond motifs is 1. The molecule has 0 amide bonds. The molecule has 2 heterocycles. The quantitative estimate of drug-likeness (QED) is 0.248. The van der Waals surface area contributed by atoms with E-state index in [1.54, 1.807) is 20.8 Å². The van der Waals surface area contributed by atoms with Crippen molar-refractivity contribution in [3.05, 3.63) is 35.1 Å². The standard InChI is InChI=1S/C22H27BClN3O6/c1-18(2,3)33-16(28)12-4-5-13(25-15(12)24)27-11-6-14(26-27)32-22(30,31)21(23,29)17-19(7-8-19)20(17)9-10-20/h4-6,11,17,29-31H,7-10,23H2,1-3H3. The first-order chi connectivity index (χ1) is 15.2. The highest BCUT2D eigenvalue weighted by molar-refractivity contribution is 6.32. The number of esters is 1. The smallest absolute Gasteiger partial charge is 0.345 e. The second-order valence-electron chi connectivity index (χ2n) is 10.7. The molecule has 0 bridgehead atoms. The maximum absolute atomic E-state index is 12.3. The molecule has 0 saturated heterocycles. The summed E-state index contributed by atoms with van der Waals surface area (Å²) in [6, 6.07) is 4.42. The molecule has 3 N–H and O–H groups in total. The van der Waals surface area contributed by atoms with E-state index in [0.717, 1.165) is 25.7 Å². The van der Waals surface area contributed by atoms with Crippen LogP contribution in [0.25, 0.3) is 5.82 Å². The highest BCUT2D eigenvalue weighted by Crippen LogP contribution is 2.94. The summed E-state index contributed by atoms with van der Waals surface area (Å²) in [6.07, 6.45) is 5.51. The van der Waals surface area contributed by atoms with Gasteiger partial charge in [0.25, 0.3) is 0 Å². The van der Waals surface area contributed by atoms with Crippen molar-refractivity contribution in [3.63, 3.8) is 0 Å². The molecule has 1 unspecified atom stereocenters. The third kappa shape index (κ3) is 3.46. The maximum Gasteiger partial charge on any atom is 0.345 e. The highest BCUT2D eigenvalue weighted by Gasteiger charge is 2.91. The minimum absolute atomic E-state index is 0.0342. The molecule has 1 atom stereocenters. The molecule has 11 heteroatoms. The van der Waals surface area contributed by atoms with Crippen LogP contribution in [0, 0.1) is 16.7 Å². The van der Waals surface area contributed by atoms with E-state index in [9.17, 15) is 20.1 Å². The summed E-state index contributed by atoms with van der Waals surface area (Å²) in [7, 11) is 1.42. The Balaban J connectivity index is 1.31. The number of pyridine rings is 1. The monoisotopic (exact) mass is 475 g/mol. The Hall–Kier alpha value is -2.14. The molecule has 9 nitrogen and oxygen atoms in total. The zero-order valence-electron chi connectivity index (χ0n) is 19.0. The number of hydrogen-bond donors (Lipinski definition) is 3. The molecule has 0 aliphatic heterocycles. The molecular formula is C22H27BClN3O6. The van der Waals surface area contributed by atoms with Gasteiger partial charge in [-0.15, -0.1) is 5.10 Å². The van der Waals surface area contributed by atoms with E-state index >= 15 is 0 Å². The zero-order valence-corrected chi connectivity index (χ0v) is 19.8. The summed E-state index contributed by atoms with van der Waals surface area (Å²) in [5, 5.41) is 36.6. The number of ether oxygens (including phenoxy) is 2. The fourth-order valence-corrected chi connectivity index (χ4v) is 5.85. The molecule has 3 aliphatic rings. The van der Waals surface area contributed by atoms with Crippen LogP contribution in [-0.4, -0.2) is 61.0 Å². The minimum atomic E-state index is -2.82. The fourth-order valence-electron chi connectivity index (χ4n) is 5.62. The molecule has 2 aromatic rings. The largest absolute Gasteiger partial charge is 0.456 e. The van der Waals surface area contributed by atoms with Gasteiger partial charge in [-0.25, -0.2) is 14.5 Å². The second-order valence-corrected chi connectivity index (χ2v) is 11.1. The van der Waals surface area contributed by atoms with Crippen LogP contribution >= 0.6 is 11.6 Å². The van der Waals surface area contributed by atoms with Crippen molar-refractivity contribution >= 4 is 25.4 Å². The van der Waals surface area contributed by atoms with Gasteiger partial charge in [0.2, 0.25) is 5.88 Å². The van der Waals surface area contributed by atoms with Crippen LogP contribution in [0.15, 0.2) is 24.4 Å². The van der Waals surface area contributed by atoms with Gasteiger partial charge in [-0.3, -0.25) is 0 Å². The fraction of sp³-hybridized carbons (Fsp3) is 0.591. The first-order valence-electron chi connectivity index (χ1n) is 11.0. The van der Waals surface area contributed by atoms with Crippen molar-refractivity contribution < 1.29 is 29.6 Å². The van der Waals surface area contributed by atoms with Gasteiger partial charge in [0.1, 0.15) is 16.3 Å². The SMILES string of the molecule is BC(O)(C1C2(CC2)C12CC2)C(O)(O)Oc1ccn(-c2ccc(C(=O)OC(C)(C)C)c(Cl)n2)n1. The summed E-state index contributed by atoms with van der Waals surface area (Å²) in [6.45, 7) is 5.26. The van der Waals surface area contributed by atoms with Crippen molar-refractivity contribution in [1.29, 1.82) is 0 Å². The van der Waals surface area contributed by atoms with Gasteiger partial charge in [0.05, 0.1) is 5.56 Å². The second kappa shape index (κ2) is 6.72. The van der Waals surface area contributed by atoms with Crippen LogP contribution in [0.3, 0.4) is 0 Å². The van der Waals surface area contributed by atoms with E-state index in [2.05, 4.69) is 10.1 Å². The molecule has 3 fully saturated rings. The number of rotatable bonds is 6. The normalized spacial score (nSPS) is 22.2. The van der Waals surface area contributed by atoms with Crippen LogP contribution in [-0.2, 0) is 4.74 Å². The molecule has 176 valence electrons. The van der Waals surface area contributed by atoms with E-state index in [1.165, 1.54) is 36.9 Å². The number of aromatic nitrogens is 3. The summed E-state index contributed by atoms with van der Waals surface area (Å²) in [5.41, 5.74) is -2.33. The van der Waals surface area contributed by atoms with Gasteiger partial charge < -0.3 is 24.8 Å². The van der Waals surface area contributed by atoms with E-state index < -0.39 is 23.0 Å². The van der Waals surface area contributed by atoms with E-state index in [0.29, 0.717) is 0 Å². The average Bonchev–Trinajstić information content (AvgIpc) is 3.63. The predicted octanol–water partition coefficient (Wildman–Crippen LogP) is 1.41. The Morgan fingerprint density at radius 2 is 1.76 bits per heavy atom. The average molecular weight is 476 g/mol. The van der Waals surface area contributed by atoms with Crippen LogP contribution in [0.2, 0.25) is 5.15 Å². The van der Waals surface area contributed by atoms with E-state index in [1.807, 2.05) is 0 Å². The topological polar surface area (TPSA) is 127 Å². The molecule has 5 rings (SSSR count). The lowest BCUT2D eigenvalue weighted by Gasteiger charge is -2.36. The Labute approximate surface area is 197 Å². The molecular weight excluding hydrogens is 449 g/mol. The molecule has 3 saturated carbocycles. The third-order valence-corrected chi connectivity index (χ3v) is 7.60. The number of aliphatic hydroxyl groups is 3. The Bertz CT molecular complexity index is 1120. The maximum atomic E-state index is 12.3. The molecule has 2 aromatic heterocycles. The Kier molecular flexibility index (Phi) is 4.61. The van der Waals surface area contributed by atoms with E-state index in [4.69, 9.17) is 21.1 Å². The van der Waals surface area contributed by atoms with Crippen molar-refractivity contribution in [2.45, 2.75) is 63.5 Å². The van der Waals surface area contributed by atoms with Gasteiger partial charge in [-0.2, -0.15) is 0 Å². The molecule has 0 aromatic carbocycles. The highest BCUT2D eigenvalue weighted by atomic mass is 35.5. The molecule has 0 radical (unpaired) electrons. The Morgan fingerprint density at radius 1 is 1.15 bits per heavy atom. The number of carbonyl (C=O) groups excluding carboxylic acids is 1. The summed E-state index contributed by atoms with van der Waals surface area (Å²) in [4.78, 5) is 16.5. The summed E-state index contributed by atoms with van der Waals surface area (Å²) < 4.78 is 12.0. The zero-order chi connectivity index (χ0) is 24.0. The molecule has 33 heavy (non-hydrogen) atoms. The van der Waals surface area contributed by atoms with Crippen LogP contribution in [0.1, 0.15) is 56.8 Å². The van der Waals surface area contributed by atoms with Crippen LogP contribution < -0.4 is 4.74 Å². The van der Waals surface area contributed by atoms with Crippen molar-refractivity contribution in [3.8, 4) is 11.7 Å². The Morgan fingerprint density at radius 3 is 2.27 bits per heavy atom. The van der Waals surface area contributed by atoms with Crippen LogP contribution in [0.5, 0.6) is 5.88 Å². The predicted molar refractivity (Wildman–Crippen MR) is 120 cm³/mol. The summed E-state index contributed by atoms with van der Waals surface area (Å²) >= 11 is 6.19. The lowest BCUT2D eigenvalue weighted by atomic mass is 9.73. The van der Waals surface area contributed by atoms with Crippen molar-refractivity contribution in [1.82, 2.24) is 14.8 Å². The first-order valence-corrected chi connectivity index (χ1v) is 11.4. The minimum Gasteiger partial charge on any atom is -0.456 e. The van der Waals surface area contributed by atoms with Gasteiger partial charge in [-0.05, 0) is 69.4 Å².